The number of rotatable bonds is 5. The van der Waals surface area contributed by atoms with Crippen molar-refractivity contribution in [1.82, 2.24) is 9.80 Å². The average molecular weight is 351 g/mol. The summed E-state index contributed by atoms with van der Waals surface area (Å²) in [5.41, 5.74) is 0. The van der Waals surface area contributed by atoms with Crippen molar-refractivity contribution in [2.45, 2.75) is 31.7 Å². The van der Waals surface area contributed by atoms with E-state index in [0.29, 0.717) is 16.7 Å². The van der Waals surface area contributed by atoms with Gasteiger partial charge in [0.15, 0.2) is 0 Å². The SMILES string of the molecule is CN(C)C/C=C/C1CCC(N(C)C(=O)Oc2ccc(Cl)cc2)CC1. The molecular formula is C19H27ClN2O2. The molecule has 0 unspecified atom stereocenters. The molecule has 132 valence electrons. The molecule has 4 nitrogen and oxygen atoms in total. The summed E-state index contributed by atoms with van der Waals surface area (Å²) in [6, 6.07) is 7.11. The predicted octanol–water partition coefficient (Wildman–Crippen LogP) is 4.45. The highest BCUT2D eigenvalue weighted by molar-refractivity contribution is 6.30. The Morgan fingerprint density at radius 3 is 2.38 bits per heavy atom. The van der Waals surface area contributed by atoms with Crippen LogP contribution in [0.2, 0.25) is 5.02 Å². The van der Waals surface area contributed by atoms with E-state index in [4.69, 9.17) is 16.3 Å². The lowest BCUT2D eigenvalue weighted by atomic mass is 9.85. The molecule has 1 aliphatic rings. The van der Waals surface area contributed by atoms with Crippen molar-refractivity contribution in [3.63, 3.8) is 0 Å². The van der Waals surface area contributed by atoms with Crippen LogP contribution in [0.4, 0.5) is 4.79 Å². The second kappa shape index (κ2) is 9.09. The summed E-state index contributed by atoms with van der Waals surface area (Å²) in [7, 11) is 5.97. The van der Waals surface area contributed by atoms with Gasteiger partial charge in [-0.1, -0.05) is 23.8 Å². The molecule has 2 rings (SSSR count). The Labute approximate surface area is 150 Å². The predicted molar refractivity (Wildman–Crippen MR) is 98.7 cm³/mol. The summed E-state index contributed by atoms with van der Waals surface area (Å²) in [5, 5.41) is 0.629. The standard InChI is InChI=1S/C19H27ClN2O2/c1-21(2)14-4-5-15-6-10-17(11-7-15)22(3)19(23)24-18-12-8-16(20)9-13-18/h4-5,8-9,12-13,15,17H,6-7,10-11,14H2,1-3H3/b5-4+. The largest absolute Gasteiger partial charge is 0.415 e. The lowest BCUT2D eigenvalue weighted by molar-refractivity contribution is 0.128. The van der Waals surface area contributed by atoms with Crippen LogP contribution in [0.1, 0.15) is 25.7 Å². The number of hydrogen-bond donors (Lipinski definition) is 0. The van der Waals surface area contributed by atoms with Crippen LogP contribution in [0.25, 0.3) is 0 Å². The smallest absolute Gasteiger partial charge is 0.410 e. The third-order valence-corrected chi connectivity index (χ3v) is 4.73. The van der Waals surface area contributed by atoms with Crippen LogP contribution in [0, 0.1) is 5.92 Å². The van der Waals surface area contributed by atoms with Crippen molar-refractivity contribution < 1.29 is 9.53 Å². The maximum atomic E-state index is 12.3. The van der Waals surface area contributed by atoms with Gasteiger partial charge in [-0.15, -0.1) is 0 Å². The first-order chi connectivity index (χ1) is 11.5. The molecule has 0 atom stereocenters. The zero-order chi connectivity index (χ0) is 17.5. The Bertz CT molecular complexity index is 549. The van der Waals surface area contributed by atoms with Gasteiger partial charge in [-0.05, 0) is 70.0 Å². The summed E-state index contributed by atoms with van der Waals surface area (Å²) in [6.07, 6.45) is 8.53. The Morgan fingerprint density at radius 2 is 1.79 bits per heavy atom. The molecular weight excluding hydrogens is 324 g/mol. The van der Waals surface area contributed by atoms with E-state index in [1.807, 2.05) is 7.05 Å². The molecule has 0 heterocycles. The van der Waals surface area contributed by atoms with Gasteiger partial charge < -0.3 is 14.5 Å². The van der Waals surface area contributed by atoms with E-state index in [0.717, 1.165) is 32.2 Å². The third kappa shape index (κ3) is 5.84. The van der Waals surface area contributed by atoms with Crippen molar-refractivity contribution in [3.8, 4) is 5.75 Å². The summed E-state index contributed by atoms with van der Waals surface area (Å²) in [6.45, 7) is 0.979. The summed E-state index contributed by atoms with van der Waals surface area (Å²) >= 11 is 5.84. The second-order valence-corrected chi connectivity index (χ2v) is 7.13. The van der Waals surface area contributed by atoms with Gasteiger partial charge in [0.25, 0.3) is 0 Å². The molecule has 0 spiro atoms. The van der Waals surface area contributed by atoms with Gasteiger partial charge in [0, 0.05) is 24.7 Å². The number of halogens is 1. The number of benzene rings is 1. The van der Waals surface area contributed by atoms with Gasteiger partial charge in [0.1, 0.15) is 5.75 Å². The number of ether oxygens (including phenoxy) is 1. The fourth-order valence-corrected chi connectivity index (χ4v) is 3.10. The number of likely N-dealkylation sites (N-methyl/N-ethyl adjacent to an activating group) is 1. The molecule has 0 aliphatic heterocycles. The zero-order valence-electron chi connectivity index (χ0n) is 14.7. The van der Waals surface area contributed by atoms with Crippen LogP contribution in [0.3, 0.4) is 0 Å². The van der Waals surface area contributed by atoms with E-state index in [-0.39, 0.29) is 12.1 Å². The van der Waals surface area contributed by atoms with E-state index in [1.54, 1.807) is 29.2 Å². The van der Waals surface area contributed by atoms with E-state index < -0.39 is 0 Å². The first-order valence-corrected chi connectivity index (χ1v) is 8.85. The summed E-state index contributed by atoms with van der Waals surface area (Å²) in [5.74, 6) is 1.15. The molecule has 1 saturated carbocycles. The highest BCUT2D eigenvalue weighted by atomic mass is 35.5. The van der Waals surface area contributed by atoms with Gasteiger partial charge in [0.2, 0.25) is 0 Å². The Kier molecular flexibility index (Phi) is 7.13. The van der Waals surface area contributed by atoms with Crippen LogP contribution < -0.4 is 4.74 Å². The molecule has 1 amide bonds. The highest BCUT2D eigenvalue weighted by Gasteiger charge is 2.26. The van der Waals surface area contributed by atoms with Crippen LogP contribution >= 0.6 is 11.6 Å². The number of allylic oxidation sites excluding steroid dienone is 1. The number of amides is 1. The van der Waals surface area contributed by atoms with E-state index in [1.165, 1.54) is 0 Å². The Morgan fingerprint density at radius 1 is 1.17 bits per heavy atom. The molecule has 0 bridgehead atoms. The Hall–Kier alpha value is -1.52. The molecule has 0 radical (unpaired) electrons. The molecule has 5 heteroatoms. The first kappa shape index (κ1) is 18.8. The molecule has 1 aromatic carbocycles. The zero-order valence-corrected chi connectivity index (χ0v) is 15.5. The van der Waals surface area contributed by atoms with Crippen LogP contribution in [-0.2, 0) is 0 Å². The Balaban J connectivity index is 1.79. The van der Waals surface area contributed by atoms with Gasteiger partial charge in [-0.2, -0.15) is 0 Å². The highest BCUT2D eigenvalue weighted by Crippen LogP contribution is 2.28. The number of nitrogens with zero attached hydrogens (tertiary/aromatic N) is 2. The molecule has 1 aromatic rings. The number of carbonyl (C=O) groups is 1. The lowest BCUT2D eigenvalue weighted by Gasteiger charge is -2.33. The van der Waals surface area contributed by atoms with Crippen molar-refractivity contribution in [1.29, 1.82) is 0 Å². The van der Waals surface area contributed by atoms with Crippen LogP contribution in [0.15, 0.2) is 36.4 Å². The minimum absolute atomic E-state index is 0.253. The fourth-order valence-electron chi connectivity index (χ4n) is 2.97. The summed E-state index contributed by atoms with van der Waals surface area (Å²) in [4.78, 5) is 16.2. The molecule has 24 heavy (non-hydrogen) atoms. The second-order valence-electron chi connectivity index (χ2n) is 6.69. The topological polar surface area (TPSA) is 32.8 Å². The maximum absolute atomic E-state index is 12.3. The molecule has 1 fully saturated rings. The maximum Gasteiger partial charge on any atom is 0.415 e. The molecule has 1 aliphatic carbocycles. The quantitative estimate of drug-likeness (QED) is 0.735. The normalized spacial score (nSPS) is 21.2. The number of carbonyl (C=O) groups excluding carboxylic acids is 1. The van der Waals surface area contributed by atoms with Crippen molar-refractivity contribution in [2.24, 2.45) is 5.92 Å². The van der Waals surface area contributed by atoms with E-state index >= 15 is 0 Å². The molecule has 0 aromatic heterocycles. The fraction of sp³-hybridized carbons (Fsp3) is 0.526. The van der Waals surface area contributed by atoms with Gasteiger partial charge in [-0.25, -0.2) is 4.79 Å². The first-order valence-electron chi connectivity index (χ1n) is 8.47. The molecule has 0 N–H and O–H groups in total. The number of hydrogen-bond acceptors (Lipinski definition) is 3. The third-order valence-electron chi connectivity index (χ3n) is 4.47. The average Bonchev–Trinajstić information content (AvgIpc) is 2.56. The van der Waals surface area contributed by atoms with Crippen molar-refractivity contribution in [2.75, 3.05) is 27.7 Å². The van der Waals surface area contributed by atoms with Gasteiger partial charge >= 0.3 is 6.09 Å². The summed E-state index contributed by atoms with van der Waals surface area (Å²) < 4.78 is 5.41. The lowest BCUT2D eigenvalue weighted by Crippen LogP contribution is -2.40. The molecule has 0 saturated heterocycles. The minimum Gasteiger partial charge on any atom is -0.410 e. The van der Waals surface area contributed by atoms with E-state index in [2.05, 4.69) is 31.1 Å². The van der Waals surface area contributed by atoms with Crippen molar-refractivity contribution >= 4 is 17.7 Å². The minimum atomic E-state index is -0.302. The van der Waals surface area contributed by atoms with Gasteiger partial charge in [0.05, 0.1) is 0 Å². The van der Waals surface area contributed by atoms with Gasteiger partial charge in [-0.3, -0.25) is 0 Å². The van der Waals surface area contributed by atoms with Crippen LogP contribution in [0.5, 0.6) is 5.75 Å². The van der Waals surface area contributed by atoms with Crippen LogP contribution in [-0.4, -0.2) is 49.6 Å². The van der Waals surface area contributed by atoms with Crippen molar-refractivity contribution in [3.05, 3.63) is 41.4 Å². The van der Waals surface area contributed by atoms with E-state index in [9.17, 15) is 4.79 Å². The monoisotopic (exact) mass is 350 g/mol.